The van der Waals surface area contributed by atoms with Gasteiger partial charge in [-0.1, -0.05) is 12.1 Å². The maximum Gasteiger partial charge on any atom is 0.232 e. The van der Waals surface area contributed by atoms with E-state index < -0.39 is 5.41 Å². The average molecular weight is 278 g/mol. The van der Waals surface area contributed by atoms with E-state index in [9.17, 15) is 9.18 Å². The molecule has 4 heteroatoms. The van der Waals surface area contributed by atoms with Gasteiger partial charge in [-0.3, -0.25) is 4.79 Å². The molecule has 1 amide bonds. The lowest BCUT2D eigenvalue weighted by Crippen LogP contribution is -2.45. The van der Waals surface area contributed by atoms with Gasteiger partial charge in [-0.2, -0.15) is 0 Å². The normalized spacial score (nSPS) is 23.1. The summed E-state index contributed by atoms with van der Waals surface area (Å²) in [5.74, 6) is 0.195. The number of hydrogen-bond acceptors (Lipinski definition) is 2. The summed E-state index contributed by atoms with van der Waals surface area (Å²) in [4.78, 5) is 14.7. The van der Waals surface area contributed by atoms with Crippen LogP contribution in [-0.4, -0.2) is 29.9 Å². The van der Waals surface area contributed by atoms with Crippen LogP contribution >= 0.6 is 0 Å². The number of benzene rings is 1. The van der Waals surface area contributed by atoms with E-state index in [0.717, 1.165) is 18.5 Å². The number of nitrogens with two attached hydrogens (primary N) is 1. The first-order chi connectivity index (χ1) is 9.36. The van der Waals surface area contributed by atoms with Crippen molar-refractivity contribution in [1.82, 2.24) is 4.90 Å². The van der Waals surface area contributed by atoms with Gasteiger partial charge in [0.25, 0.3) is 0 Å². The Kier molecular flexibility index (Phi) is 4.14. The van der Waals surface area contributed by atoms with Gasteiger partial charge < -0.3 is 10.6 Å². The first kappa shape index (κ1) is 15.0. The Bertz CT molecular complexity index is 484. The number of carbonyl (C=O) groups is 1. The maximum absolute atomic E-state index is 13.0. The van der Waals surface area contributed by atoms with Crippen LogP contribution in [0.5, 0.6) is 0 Å². The second-order valence-corrected chi connectivity index (χ2v) is 6.28. The van der Waals surface area contributed by atoms with E-state index in [-0.39, 0.29) is 17.8 Å². The van der Waals surface area contributed by atoms with Crippen molar-refractivity contribution < 1.29 is 9.18 Å². The fraction of sp³-hybridized carbons (Fsp3) is 0.562. The number of carbonyl (C=O) groups excluding carboxylic acids is 1. The molecule has 0 bridgehead atoms. The first-order valence-electron chi connectivity index (χ1n) is 7.13. The van der Waals surface area contributed by atoms with Crippen LogP contribution in [-0.2, 0) is 10.2 Å². The molecule has 1 saturated heterocycles. The molecular weight excluding hydrogens is 255 g/mol. The van der Waals surface area contributed by atoms with Gasteiger partial charge >= 0.3 is 0 Å². The molecule has 0 spiro atoms. The topological polar surface area (TPSA) is 46.3 Å². The van der Waals surface area contributed by atoms with E-state index in [2.05, 4.69) is 6.92 Å². The Morgan fingerprint density at radius 3 is 2.50 bits per heavy atom. The second kappa shape index (κ2) is 5.52. The monoisotopic (exact) mass is 278 g/mol. The highest BCUT2D eigenvalue weighted by Gasteiger charge is 2.39. The fourth-order valence-corrected chi connectivity index (χ4v) is 2.95. The van der Waals surface area contributed by atoms with Crippen molar-refractivity contribution >= 4 is 5.91 Å². The van der Waals surface area contributed by atoms with Crippen LogP contribution in [0.4, 0.5) is 4.39 Å². The molecule has 0 aliphatic carbocycles. The van der Waals surface area contributed by atoms with E-state index in [1.165, 1.54) is 12.1 Å². The summed E-state index contributed by atoms with van der Waals surface area (Å²) < 4.78 is 13.0. The van der Waals surface area contributed by atoms with Crippen molar-refractivity contribution in [2.24, 2.45) is 11.7 Å². The SMILES string of the molecule is CC1CC(CN)CN1C(=O)C(C)(C)c1ccc(F)cc1. The van der Waals surface area contributed by atoms with Crippen molar-refractivity contribution in [3.8, 4) is 0 Å². The summed E-state index contributed by atoms with van der Waals surface area (Å²) in [5, 5.41) is 0. The first-order valence-corrected chi connectivity index (χ1v) is 7.13. The smallest absolute Gasteiger partial charge is 0.232 e. The van der Waals surface area contributed by atoms with Crippen molar-refractivity contribution in [3.63, 3.8) is 0 Å². The van der Waals surface area contributed by atoms with E-state index in [1.807, 2.05) is 18.7 Å². The highest BCUT2D eigenvalue weighted by molar-refractivity contribution is 5.87. The van der Waals surface area contributed by atoms with Crippen molar-refractivity contribution in [1.29, 1.82) is 0 Å². The highest BCUT2D eigenvalue weighted by Crippen LogP contribution is 2.31. The van der Waals surface area contributed by atoms with Gasteiger partial charge in [0.15, 0.2) is 0 Å². The molecule has 20 heavy (non-hydrogen) atoms. The largest absolute Gasteiger partial charge is 0.339 e. The predicted octanol–water partition coefficient (Wildman–Crippen LogP) is 2.30. The Balaban J connectivity index is 2.21. The van der Waals surface area contributed by atoms with E-state index in [0.29, 0.717) is 12.5 Å². The summed E-state index contributed by atoms with van der Waals surface area (Å²) in [6.07, 6.45) is 0.960. The van der Waals surface area contributed by atoms with Crippen LogP contribution in [0, 0.1) is 11.7 Å². The van der Waals surface area contributed by atoms with E-state index in [1.54, 1.807) is 12.1 Å². The van der Waals surface area contributed by atoms with Gasteiger partial charge in [0.1, 0.15) is 5.82 Å². The number of halogens is 1. The van der Waals surface area contributed by atoms with Gasteiger partial charge in [0, 0.05) is 12.6 Å². The molecule has 0 saturated carbocycles. The lowest BCUT2D eigenvalue weighted by atomic mass is 9.83. The second-order valence-electron chi connectivity index (χ2n) is 6.28. The standard InChI is InChI=1S/C16H23FN2O/c1-11-8-12(9-18)10-19(11)15(20)16(2,3)13-4-6-14(17)7-5-13/h4-7,11-12H,8-10,18H2,1-3H3. The quantitative estimate of drug-likeness (QED) is 0.922. The lowest BCUT2D eigenvalue weighted by Gasteiger charge is -2.32. The Morgan fingerprint density at radius 2 is 2.00 bits per heavy atom. The molecule has 2 rings (SSSR count). The number of hydrogen-bond donors (Lipinski definition) is 1. The third kappa shape index (κ3) is 2.70. The van der Waals surface area contributed by atoms with Crippen LogP contribution < -0.4 is 5.73 Å². The minimum absolute atomic E-state index is 0.0903. The number of amides is 1. The maximum atomic E-state index is 13.0. The summed E-state index contributed by atoms with van der Waals surface area (Å²) in [6, 6.07) is 6.40. The minimum atomic E-state index is -0.647. The molecular formula is C16H23FN2O. The van der Waals surface area contributed by atoms with Gasteiger partial charge in [0.2, 0.25) is 5.91 Å². The molecule has 1 heterocycles. The molecule has 2 atom stereocenters. The van der Waals surface area contributed by atoms with Gasteiger partial charge in [0.05, 0.1) is 5.41 Å². The molecule has 1 aliphatic rings. The molecule has 1 aliphatic heterocycles. The molecule has 2 unspecified atom stereocenters. The number of nitrogens with zero attached hydrogens (tertiary/aromatic N) is 1. The summed E-state index contributed by atoms with van der Waals surface area (Å²) in [5.41, 5.74) is 5.91. The molecule has 0 radical (unpaired) electrons. The van der Waals surface area contributed by atoms with Crippen LogP contribution in [0.2, 0.25) is 0 Å². The van der Waals surface area contributed by atoms with Gasteiger partial charge in [-0.15, -0.1) is 0 Å². The third-order valence-electron chi connectivity index (χ3n) is 4.36. The van der Waals surface area contributed by atoms with Gasteiger partial charge in [-0.05, 0) is 57.4 Å². The molecule has 2 N–H and O–H groups in total. The zero-order valence-electron chi connectivity index (χ0n) is 12.4. The number of likely N-dealkylation sites (tertiary alicyclic amines) is 1. The van der Waals surface area contributed by atoms with Crippen LogP contribution in [0.15, 0.2) is 24.3 Å². The summed E-state index contributed by atoms with van der Waals surface area (Å²) >= 11 is 0. The lowest BCUT2D eigenvalue weighted by molar-refractivity contribution is -0.136. The number of rotatable bonds is 3. The highest BCUT2D eigenvalue weighted by atomic mass is 19.1. The van der Waals surface area contributed by atoms with Crippen LogP contribution in [0.1, 0.15) is 32.8 Å². The molecule has 0 aromatic heterocycles. The zero-order valence-corrected chi connectivity index (χ0v) is 12.4. The molecule has 1 aromatic rings. The fourth-order valence-electron chi connectivity index (χ4n) is 2.95. The Hall–Kier alpha value is -1.42. The average Bonchev–Trinajstić information content (AvgIpc) is 2.79. The molecule has 1 aromatic carbocycles. The Morgan fingerprint density at radius 1 is 1.40 bits per heavy atom. The van der Waals surface area contributed by atoms with Crippen LogP contribution in [0.3, 0.4) is 0 Å². The predicted molar refractivity (Wildman–Crippen MR) is 77.8 cm³/mol. The minimum Gasteiger partial charge on any atom is -0.339 e. The van der Waals surface area contributed by atoms with E-state index in [4.69, 9.17) is 5.73 Å². The zero-order chi connectivity index (χ0) is 14.9. The van der Waals surface area contributed by atoms with Crippen molar-refractivity contribution in [2.45, 2.75) is 38.6 Å². The molecule has 110 valence electrons. The molecule has 1 fully saturated rings. The van der Waals surface area contributed by atoms with E-state index >= 15 is 0 Å². The third-order valence-corrected chi connectivity index (χ3v) is 4.36. The summed E-state index contributed by atoms with van der Waals surface area (Å²) in [7, 11) is 0. The summed E-state index contributed by atoms with van der Waals surface area (Å²) in [6.45, 7) is 7.19. The van der Waals surface area contributed by atoms with Crippen molar-refractivity contribution in [2.75, 3.05) is 13.1 Å². The van der Waals surface area contributed by atoms with Crippen molar-refractivity contribution in [3.05, 3.63) is 35.6 Å². The van der Waals surface area contributed by atoms with Crippen LogP contribution in [0.25, 0.3) is 0 Å². The Labute approximate surface area is 120 Å². The van der Waals surface area contributed by atoms with Gasteiger partial charge in [-0.25, -0.2) is 4.39 Å². The molecule has 3 nitrogen and oxygen atoms in total.